The van der Waals surface area contributed by atoms with E-state index in [1.165, 1.54) is 0 Å². The fraction of sp³-hybridized carbons (Fsp3) is 0.350. The third-order valence-corrected chi connectivity index (χ3v) is 4.19. The molecule has 0 bridgehead atoms. The van der Waals surface area contributed by atoms with E-state index in [1.54, 1.807) is 19.2 Å². The number of hydrogen-bond donors (Lipinski definition) is 1. The van der Waals surface area contributed by atoms with E-state index in [1.807, 2.05) is 36.4 Å². The number of carbonyl (C=O) groups is 1. The molecule has 1 aliphatic heterocycles. The van der Waals surface area contributed by atoms with E-state index in [2.05, 4.69) is 5.32 Å². The summed E-state index contributed by atoms with van der Waals surface area (Å²) >= 11 is 0. The number of methoxy groups -OCH3 is 1. The van der Waals surface area contributed by atoms with Gasteiger partial charge in [-0.05, 0) is 37.1 Å². The first-order valence-electron chi connectivity index (χ1n) is 8.51. The molecule has 1 heterocycles. The summed E-state index contributed by atoms with van der Waals surface area (Å²) in [4.78, 5) is 12.4. The molecule has 0 radical (unpaired) electrons. The van der Waals surface area contributed by atoms with Crippen LogP contribution >= 0.6 is 0 Å². The van der Waals surface area contributed by atoms with Crippen LogP contribution in [0, 0.1) is 0 Å². The lowest BCUT2D eigenvalue weighted by molar-refractivity contribution is 0.0679. The highest BCUT2D eigenvalue weighted by atomic mass is 16.5. The SMILES string of the molecule is COc1ccccc1CNC(=O)c1cccc(OCC2CCCO2)c1. The average molecular weight is 341 g/mol. The number of carbonyl (C=O) groups excluding carboxylic acids is 1. The molecule has 3 rings (SSSR count). The molecule has 0 spiro atoms. The van der Waals surface area contributed by atoms with Crippen molar-refractivity contribution in [3.05, 3.63) is 59.7 Å². The summed E-state index contributed by atoms with van der Waals surface area (Å²) < 4.78 is 16.6. The van der Waals surface area contributed by atoms with Crippen molar-refractivity contribution in [1.29, 1.82) is 0 Å². The average Bonchev–Trinajstić information content (AvgIpc) is 3.18. The van der Waals surface area contributed by atoms with E-state index >= 15 is 0 Å². The Morgan fingerprint density at radius 2 is 2.12 bits per heavy atom. The van der Waals surface area contributed by atoms with Crippen LogP contribution < -0.4 is 14.8 Å². The molecule has 1 aliphatic rings. The van der Waals surface area contributed by atoms with Gasteiger partial charge in [0.1, 0.15) is 18.1 Å². The first-order chi connectivity index (χ1) is 12.3. The van der Waals surface area contributed by atoms with Crippen LogP contribution in [0.15, 0.2) is 48.5 Å². The van der Waals surface area contributed by atoms with Crippen molar-refractivity contribution in [2.45, 2.75) is 25.5 Å². The van der Waals surface area contributed by atoms with Gasteiger partial charge in [0, 0.05) is 24.3 Å². The van der Waals surface area contributed by atoms with Gasteiger partial charge in [-0.1, -0.05) is 24.3 Å². The van der Waals surface area contributed by atoms with Gasteiger partial charge < -0.3 is 19.5 Å². The van der Waals surface area contributed by atoms with Gasteiger partial charge in [-0.2, -0.15) is 0 Å². The molecule has 1 atom stereocenters. The summed E-state index contributed by atoms with van der Waals surface area (Å²) in [6.07, 6.45) is 2.27. The lowest BCUT2D eigenvalue weighted by Gasteiger charge is -2.13. The molecule has 1 fully saturated rings. The van der Waals surface area contributed by atoms with Crippen LogP contribution in [0.2, 0.25) is 0 Å². The maximum absolute atomic E-state index is 12.4. The third kappa shape index (κ3) is 4.73. The Bertz CT molecular complexity index is 710. The highest BCUT2D eigenvalue weighted by Crippen LogP contribution is 2.19. The third-order valence-electron chi connectivity index (χ3n) is 4.19. The summed E-state index contributed by atoms with van der Waals surface area (Å²) in [5.74, 6) is 1.30. The normalized spacial score (nSPS) is 16.4. The molecule has 0 saturated carbocycles. The van der Waals surface area contributed by atoms with Crippen LogP contribution in [0.5, 0.6) is 11.5 Å². The molecule has 5 nitrogen and oxygen atoms in total. The number of para-hydroxylation sites is 1. The van der Waals surface area contributed by atoms with Gasteiger partial charge in [-0.3, -0.25) is 4.79 Å². The maximum atomic E-state index is 12.4. The lowest BCUT2D eigenvalue weighted by atomic mass is 10.1. The van der Waals surface area contributed by atoms with Crippen molar-refractivity contribution in [2.75, 3.05) is 20.3 Å². The molecular formula is C20H23NO4. The van der Waals surface area contributed by atoms with E-state index in [0.29, 0.717) is 24.5 Å². The van der Waals surface area contributed by atoms with Gasteiger partial charge in [-0.15, -0.1) is 0 Å². The van der Waals surface area contributed by atoms with E-state index in [-0.39, 0.29) is 12.0 Å². The summed E-state index contributed by atoms with van der Waals surface area (Å²) in [5, 5.41) is 2.92. The molecular weight excluding hydrogens is 318 g/mol. The topological polar surface area (TPSA) is 56.8 Å². The molecule has 1 unspecified atom stereocenters. The number of nitrogens with one attached hydrogen (secondary N) is 1. The van der Waals surface area contributed by atoms with Crippen LogP contribution in [-0.4, -0.2) is 32.3 Å². The Morgan fingerprint density at radius 3 is 2.92 bits per heavy atom. The minimum absolute atomic E-state index is 0.145. The molecule has 2 aromatic rings. The second-order valence-electron chi connectivity index (χ2n) is 5.97. The second kappa shape index (κ2) is 8.53. The fourth-order valence-corrected chi connectivity index (χ4v) is 2.82. The monoisotopic (exact) mass is 341 g/mol. The van der Waals surface area contributed by atoms with E-state index in [9.17, 15) is 4.79 Å². The molecule has 1 N–H and O–H groups in total. The summed E-state index contributed by atoms with van der Waals surface area (Å²) in [5.41, 5.74) is 1.50. The molecule has 1 amide bonds. The summed E-state index contributed by atoms with van der Waals surface area (Å²) in [6, 6.07) is 14.8. The fourth-order valence-electron chi connectivity index (χ4n) is 2.82. The zero-order valence-electron chi connectivity index (χ0n) is 14.4. The van der Waals surface area contributed by atoms with Crippen LogP contribution in [-0.2, 0) is 11.3 Å². The van der Waals surface area contributed by atoms with E-state index < -0.39 is 0 Å². The van der Waals surface area contributed by atoms with Crippen molar-refractivity contribution >= 4 is 5.91 Å². The van der Waals surface area contributed by atoms with Gasteiger partial charge in [0.05, 0.1) is 13.2 Å². The van der Waals surface area contributed by atoms with Crippen LogP contribution in [0.3, 0.4) is 0 Å². The molecule has 132 valence electrons. The predicted octanol–water partition coefficient (Wildman–Crippen LogP) is 3.18. The smallest absolute Gasteiger partial charge is 0.251 e. The van der Waals surface area contributed by atoms with Gasteiger partial charge in [0.2, 0.25) is 0 Å². The zero-order valence-corrected chi connectivity index (χ0v) is 14.4. The van der Waals surface area contributed by atoms with Crippen molar-refractivity contribution in [3.8, 4) is 11.5 Å². The molecule has 1 saturated heterocycles. The van der Waals surface area contributed by atoms with Crippen LogP contribution in [0.25, 0.3) is 0 Å². The Morgan fingerprint density at radius 1 is 1.24 bits per heavy atom. The Balaban J connectivity index is 1.57. The van der Waals surface area contributed by atoms with Crippen molar-refractivity contribution < 1.29 is 19.0 Å². The molecule has 5 heteroatoms. The molecule has 2 aromatic carbocycles. The second-order valence-corrected chi connectivity index (χ2v) is 5.97. The van der Waals surface area contributed by atoms with Gasteiger partial charge in [-0.25, -0.2) is 0 Å². The summed E-state index contributed by atoms with van der Waals surface area (Å²) in [7, 11) is 1.62. The number of ether oxygens (including phenoxy) is 3. The molecule has 25 heavy (non-hydrogen) atoms. The van der Waals surface area contributed by atoms with Crippen molar-refractivity contribution in [2.24, 2.45) is 0 Å². The number of amides is 1. The largest absolute Gasteiger partial charge is 0.496 e. The molecule has 0 aromatic heterocycles. The highest BCUT2D eigenvalue weighted by Gasteiger charge is 2.16. The quantitative estimate of drug-likeness (QED) is 0.840. The number of hydrogen-bond acceptors (Lipinski definition) is 4. The Kier molecular flexibility index (Phi) is 5.90. The van der Waals surface area contributed by atoms with Crippen LogP contribution in [0.1, 0.15) is 28.8 Å². The maximum Gasteiger partial charge on any atom is 0.251 e. The Labute approximate surface area is 147 Å². The first-order valence-corrected chi connectivity index (χ1v) is 8.51. The zero-order chi connectivity index (χ0) is 17.5. The van der Waals surface area contributed by atoms with Crippen molar-refractivity contribution in [1.82, 2.24) is 5.32 Å². The van der Waals surface area contributed by atoms with Gasteiger partial charge >= 0.3 is 0 Å². The van der Waals surface area contributed by atoms with Gasteiger partial charge in [0.15, 0.2) is 0 Å². The highest BCUT2D eigenvalue weighted by molar-refractivity contribution is 5.94. The number of benzene rings is 2. The van der Waals surface area contributed by atoms with Gasteiger partial charge in [0.25, 0.3) is 5.91 Å². The first kappa shape index (κ1) is 17.3. The summed E-state index contributed by atoms with van der Waals surface area (Å²) in [6.45, 7) is 1.73. The standard InChI is InChI=1S/C20H23NO4/c1-23-19-10-3-2-6-16(19)13-21-20(22)15-7-4-8-17(12-15)25-14-18-9-5-11-24-18/h2-4,6-8,10,12,18H,5,9,11,13-14H2,1H3,(H,21,22). The minimum Gasteiger partial charge on any atom is -0.496 e. The van der Waals surface area contributed by atoms with Crippen LogP contribution in [0.4, 0.5) is 0 Å². The number of rotatable bonds is 7. The van der Waals surface area contributed by atoms with Crippen molar-refractivity contribution in [3.63, 3.8) is 0 Å². The Hall–Kier alpha value is -2.53. The molecule has 0 aliphatic carbocycles. The predicted molar refractivity (Wildman–Crippen MR) is 95.1 cm³/mol. The minimum atomic E-state index is -0.145. The lowest BCUT2D eigenvalue weighted by Crippen LogP contribution is -2.23. The van der Waals surface area contributed by atoms with E-state index in [0.717, 1.165) is 30.8 Å². The van der Waals surface area contributed by atoms with E-state index in [4.69, 9.17) is 14.2 Å².